The van der Waals surface area contributed by atoms with Crippen LogP contribution in [-0.2, 0) is 0 Å². The molecule has 94 valence electrons. The summed E-state index contributed by atoms with van der Waals surface area (Å²) in [7, 11) is 0. The number of hydrogen-bond donors (Lipinski definition) is 1. The normalized spacial score (nSPS) is 10.6. The van der Waals surface area contributed by atoms with Gasteiger partial charge in [0, 0.05) is 0 Å². The van der Waals surface area contributed by atoms with Crippen LogP contribution >= 0.6 is 11.6 Å². The maximum absolute atomic E-state index is 12.1. The molecule has 0 spiro atoms. The number of carbonyl (C=O) groups is 1. The average Bonchev–Trinajstić information content (AvgIpc) is 2.88. The summed E-state index contributed by atoms with van der Waals surface area (Å²) in [6, 6.07) is 8.64. The summed E-state index contributed by atoms with van der Waals surface area (Å²) in [6.45, 7) is 0. The molecule has 2 aromatic heterocycles. The molecule has 1 aromatic carbocycles. The van der Waals surface area contributed by atoms with Crippen LogP contribution in [0.25, 0.3) is 11.0 Å². The van der Waals surface area contributed by atoms with E-state index in [-0.39, 0.29) is 26.6 Å². The molecule has 0 aliphatic heterocycles. The number of nitrogens with zero attached hydrogens (tertiary/aromatic N) is 3. The summed E-state index contributed by atoms with van der Waals surface area (Å²) >= 11 is 5.71. The van der Waals surface area contributed by atoms with Gasteiger partial charge in [-0.2, -0.15) is 0 Å². The van der Waals surface area contributed by atoms with Crippen molar-refractivity contribution in [2.45, 2.75) is 0 Å². The summed E-state index contributed by atoms with van der Waals surface area (Å²) < 4.78 is 8.56. The Labute approximate surface area is 119 Å². The predicted molar refractivity (Wildman–Crippen MR) is 73.7 cm³/mol. The van der Waals surface area contributed by atoms with E-state index in [1.807, 2.05) is 12.1 Å². The number of aromatic nitrogens is 3. The van der Waals surface area contributed by atoms with Gasteiger partial charge in [0.25, 0.3) is 0 Å². The Balaban J connectivity index is 1.93. The fraction of sp³-hybridized carbons (Fsp3) is 0. The molecule has 0 unspecified atom stereocenters. The van der Waals surface area contributed by atoms with Crippen LogP contribution in [0.3, 0.4) is 0 Å². The molecule has 0 atom stereocenters. The second-order valence-corrected chi connectivity index (χ2v) is 5.30. The zero-order valence-electron chi connectivity index (χ0n) is 9.50. The molecule has 0 fully saturated rings. The van der Waals surface area contributed by atoms with Crippen molar-refractivity contribution in [1.29, 1.82) is 0 Å². The SMILES string of the molecule is O=C(Nc1cccc2n[se]nc12)c1cc(Cl)ccn1. The summed E-state index contributed by atoms with van der Waals surface area (Å²) in [6.07, 6.45) is 1.50. The van der Waals surface area contributed by atoms with Crippen molar-refractivity contribution in [3.05, 3.63) is 47.2 Å². The summed E-state index contributed by atoms with van der Waals surface area (Å²) in [5, 5.41) is 3.26. The number of anilines is 1. The van der Waals surface area contributed by atoms with E-state index < -0.39 is 0 Å². The second kappa shape index (κ2) is 5.09. The van der Waals surface area contributed by atoms with Crippen molar-refractivity contribution < 1.29 is 4.79 Å². The van der Waals surface area contributed by atoms with E-state index in [2.05, 4.69) is 18.3 Å². The van der Waals surface area contributed by atoms with E-state index in [0.29, 0.717) is 10.7 Å². The van der Waals surface area contributed by atoms with Crippen LogP contribution in [0, 0.1) is 0 Å². The number of amides is 1. The number of halogens is 1. The first-order valence-electron chi connectivity index (χ1n) is 5.38. The first kappa shape index (κ1) is 12.3. The van der Waals surface area contributed by atoms with Gasteiger partial charge in [0.1, 0.15) is 0 Å². The molecule has 19 heavy (non-hydrogen) atoms. The van der Waals surface area contributed by atoms with Gasteiger partial charge in [-0.1, -0.05) is 0 Å². The first-order valence-corrected chi connectivity index (χ1v) is 7.29. The van der Waals surface area contributed by atoms with Gasteiger partial charge >= 0.3 is 119 Å². The van der Waals surface area contributed by atoms with E-state index >= 15 is 0 Å². The number of fused-ring (bicyclic) bond motifs is 1. The Morgan fingerprint density at radius 3 is 3.00 bits per heavy atom. The zero-order chi connectivity index (χ0) is 13.2. The van der Waals surface area contributed by atoms with Crippen molar-refractivity contribution in [1.82, 2.24) is 12.9 Å². The molecule has 1 amide bonds. The molecule has 0 bridgehead atoms. The molecule has 0 saturated carbocycles. The van der Waals surface area contributed by atoms with E-state index in [1.54, 1.807) is 12.1 Å². The summed E-state index contributed by atoms with van der Waals surface area (Å²) in [5.74, 6) is -0.314. The maximum atomic E-state index is 12.1. The molecule has 3 aromatic rings. The van der Waals surface area contributed by atoms with Gasteiger partial charge in [0.2, 0.25) is 0 Å². The first-order chi connectivity index (χ1) is 9.24. The van der Waals surface area contributed by atoms with Crippen LogP contribution in [0.5, 0.6) is 0 Å². The van der Waals surface area contributed by atoms with Crippen LogP contribution in [0.2, 0.25) is 5.02 Å². The van der Waals surface area contributed by atoms with Crippen molar-refractivity contribution in [2.24, 2.45) is 0 Å². The van der Waals surface area contributed by atoms with Gasteiger partial charge in [-0.15, -0.1) is 0 Å². The Morgan fingerprint density at radius 2 is 2.16 bits per heavy atom. The molecular formula is C12H7ClN4OSe. The van der Waals surface area contributed by atoms with Crippen molar-refractivity contribution in [3.63, 3.8) is 0 Å². The van der Waals surface area contributed by atoms with Gasteiger partial charge in [0.15, 0.2) is 0 Å². The predicted octanol–water partition coefficient (Wildman–Crippen LogP) is 1.99. The second-order valence-electron chi connectivity index (χ2n) is 3.75. The third kappa shape index (κ3) is 2.51. The molecule has 7 heteroatoms. The van der Waals surface area contributed by atoms with Crippen LogP contribution in [0.1, 0.15) is 10.5 Å². The number of hydrogen-bond acceptors (Lipinski definition) is 4. The molecule has 0 radical (unpaired) electrons. The van der Waals surface area contributed by atoms with Crippen LogP contribution in [0.15, 0.2) is 36.5 Å². The van der Waals surface area contributed by atoms with Gasteiger partial charge in [-0.25, -0.2) is 0 Å². The number of carbonyl (C=O) groups excluding carboxylic acids is 1. The third-order valence-electron chi connectivity index (χ3n) is 2.49. The van der Waals surface area contributed by atoms with Crippen molar-refractivity contribution in [2.75, 3.05) is 5.32 Å². The number of pyridine rings is 1. The molecule has 0 aliphatic carbocycles. The van der Waals surface area contributed by atoms with E-state index in [1.165, 1.54) is 12.3 Å². The quantitative estimate of drug-likeness (QED) is 0.726. The molecule has 5 nitrogen and oxygen atoms in total. The van der Waals surface area contributed by atoms with E-state index in [9.17, 15) is 4.79 Å². The molecule has 3 rings (SSSR count). The van der Waals surface area contributed by atoms with Crippen LogP contribution < -0.4 is 5.32 Å². The fourth-order valence-electron chi connectivity index (χ4n) is 1.62. The number of benzene rings is 1. The van der Waals surface area contributed by atoms with Crippen molar-refractivity contribution in [3.8, 4) is 0 Å². The van der Waals surface area contributed by atoms with Crippen LogP contribution in [0.4, 0.5) is 5.69 Å². The summed E-state index contributed by atoms with van der Waals surface area (Å²) in [4.78, 5) is 16.0. The van der Waals surface area contributed by atoms with Gasteiger partial charge < -0.3 is 0 Å². The Hall–Kier alpha value is -1.75. The monoisotopic (exact) mass is 338 g/mol. The number of nitrogens with one attached hydrogen (secondary N) is 1. The Bertz CT molecular complexity index is 758. The fourth-order valence-corrected chi connectivity index (χ4v) is 2.94. The standard InChI is InChI=1S/C12H7ClN4OSe/c13-7-4-5-14-10(6-7)12(18)15-8-2-1-3-9-11(8)17-19-16-9/h1-6H,(H,15,18). The van der Waals surface area contributed by atoms with Gasteiger partial charge in [0.05, 0.1) is 0 Å². The number of rotatable bonds is 2. The Kier molecular flexibility index (Phi) is 3.29. The molecule has 0 saturated heterocycles. The van der Waals surface area contributed by atoms with E-state index in [4.69, 9.17) is 11.6 Å². The minimum absolute atomic E-state index is 0.128. The summed E-state index contributed by atoms with van der Waals surface area (Å²) in [5.41, 5.74) is 2.47. The topological polar surface area (TPSA) is 67.8 Å². The van der Waals surface area contributed by atoms with E-state index in [0.717, 1.165) is 11.0 Å². The van der Waals surface area contributed by atoms with Crippen molar-refractivity contribution >= 4 is 49.2 Å². The third-order valence-corrected chi connectivity index (χ3v) is 3.86. The molecule has 0 aliphatic rings. The molecular weight excluding hydrogens is 331 g/mol. The minimum atomic E-state index is -0.314. The van der Waals surface area contributed by atoms with Gasteiger partial charge in [-0.05, 0) is 0 Å². The zero-order valence-corrected chi connectivity index (χ0v) is 12.0. The van der Waals surface area contributed by atoms with Crippen LogP contribution in [-0.4, -0.2) is 33.8 Å². The van der Waals surface area contributed by atoms with Gasteiger partial charge in [-0.3, -0.25) is 0 Å². The Morgan fingerprint density at radius 1 is 1.26 bits per heavy atom. The molecule has 2 heterocycles. The average molecular weight is 338 g/mol. The molecule has 1 N–H and O–H groups in total.